The summed E-state index contributed by atoms with van der Waals surface area (Å²) < 4.78 is 0. The first-order chi connectivity index (χ1) is 10.3. The van der Waals surface area contributed by atoms with Crippen LogP contribution < -0.4 is 0 Å². The summed E-state index contributed by atoms with van der Waals surface area (Å²) in [6.07, 6.45) is 25.6. The molecular formula is C21H39. The van der Waals surface area contributed by atoms with Gasteiger partial charge in [0.1, 0.15) is 0 Å². The maximum absolute atomic E-state index is 3.96. The molecule has 0 aliphatic rings. The van der Waals surface area contributed by atoms with Crippen molar-refractivity contribution in [2.45, 2.75) is 104 Å². The third kappa shape index (κ3) is 15.7. The van der Waals surface area contributed by atoms with Crippen molar-refractivity contribution < 1.29 is 0 Å². The van der Waals surface area contributed by atoms with Gasteiger partial charge in [0.25, 0.3) is 0 Å². The van der Waals surface area contributed by atoms with Crippen LogP contribution in [0.15, 0.2) is 23.8 Å². The zero-order chi connectivity index (χ0) is 15.6. The Morgan fingerprint density at radius 1 is 0.762 bits per heavy atom. The second-order valence-corrected chi connectivity index (χ2v) is 6.19. The topological polar surface area (TPSA) is 0 Å². The van der Waals surface area contributed by atoms with Gasteiger partial charge in [-0.05, 0) is 39.0 Å². The maximum Gasteiger partial charge on any atom is -0.0282 e. The molecule has 0 aromatic carbocycles. The Balaban J connectivity index is 3.67. The standard InChI is InChI=1S/C21H39/c1-4-7-9-11-12-13-15-17-20-21(18-6-3)19-16-14-10-8-5-2/h17-18,20H,3-16,19H2,1-2H3. The average molecular weight is 292 g/mol. The fraction of sp³-hybridized carbons (Fsp3) is 0.762. The van der Waals surface area contributed by atoms with Crippen LogP contribution in [0.25, 0.3) is 0 Å². The fourth-order valence-corrected chi connectivity index (χ4v) is 2.65. The van der Waals surface area contributed by atoms with Gasteiger partial charge < -0.3 is 0 Å². The number of allylic oxidation sites excluding steroid dienone is 4. The minimum absolute atomic E-state index is 0.922. The predicted octanol–water partition coefficient (Wildman–Crippen LogP) is 7.80. The van der Waals surface area contributed by atoms with Crippen molar-refractivity contribution in [2.75, 3.05) is 0 Å². The van der Waals surface area contributed by atoms with Gasteiger partial charge in [0.2, 0.25) is 0 Å². The number of hydrogen-bond donors (Lipinski definition) is 0. The molecule has 0 nitrogen and oxygen atoms in total. The molecule has 123 valence electrons. The van der Waals surface area contributed by atoms with Crippen molar-refractivity contribution in [3.63, 3.8) is 0 Å². The molecule has 0 aliphatic heterocycles. The molecule has 0 aromatic rings. The average Bonchev–Trinajstić information content (AvgIpc) is 2.49. The van der Waals surface area contributed by atoms with Crippen LogP contribution in [-0.4, -0.2) is 0 Å². The van der Waals surface area contributed by atoms with Crippen molar-refractivity contribution in [2.24, 2.45) is 0 Å². The van der Waals surface area contributed by atoms with E-state index >= 15 is 0 Å². The second-order valence-electron chi connectivity index (χ2n) is 6.19. The van der Waals surface area contributed by atoms with Crippen molar-refractivity contribution >= 4 is 0 Å². The molecule has 0 amide bonds. The lowest BCUT2D eigenvalue weighted by Crippen LogP contribution is -1.83. The largest absolute Gasteiger partial charge is 0.0843 e. The van der Waals surface area contributed by atoms with Crippen LogP contribution in [0.5, 0.6) is 0 Å². The lowest BCUT2D eigenvalue weighted by atomic mass is 10.0. The molecule has 1 radical (unpaired) electrons. The van der Waals surface area contributed by atoms with Gasteiger partial charge in [-0.2, -0.15) is 0 Å². The minimum atomic E-state index is 0.922. The van der Waals surface area contributed by atoms with Gasteiger partial charge in [-0.25, -0.2) is 0 Å². The summed E-state index contributed by atoms with van der Waals surface area (Å²) in [5.41, 5.74) is 1.51. The zero-order valence-corrected chi connectivity index (χ0v) is 14.8. The molecule has 21 heavy (non-hydrogen) atoms. The molecule has 0 heteroatoms. The Labute approximate surface area is 135 Å². The molecule has 0 heterocycles. The third-order valence-corrected chi connectivity index (χ3v) is 4.03. The first-order valence-electron chi connectivity index (χ1n) is 9.49. The van der Waals surface area contributed by atoms with Crippen LogP contribution in [0.3, 0.4) is 0 Å². The predicted molar refractivity (Wildman–Crippen MR) is 98.6 cm³/mol. The highest BCUT2D eigenvalue weighted by Gasteiger charge is 1.94. The molecule has 0 saturated carbocycles. The highest BCUT2D eigenvalue weighted by Crippen LogP contribution is 2.14. The Bertz CT molecular complexity index is 247. The smallest absolute Gasteiger partial charge is 0.0282 e. The Hall–Kier alpha value is -0.520. The quantitative estimate of drug-likeness (QED) is 0.213. The monoisotopic (exact) mass is 291 g/mol. The van der Waals surface area contributed by atoms with Crippen LogP contribution in [0, 0.1) is 6.92 Å². The number of rotatable bonds is 15. The number of hydrogen-bond acceptors (Lipinski definition) is 0. The first-order valence-corrected chi connectivity index (χ1v) is 9.49. The van der Waals surface area contributed by atoms with Gasteiger partial charge in [-0.1, -0.05) is 95.4 Å². The summed E-state index contributed by atoms with van der Waals surface area (Å²) >= 11 is 0. The summed E-state index contributed by atoms with van der Waals surface area (Å²) in [5, 5.41) is 0. The van der Waals surface area contributed by atoms with Gasteiger partial charge in [0.05, 0.1) is 0 Å². The first kappa shape index (κ1) is 20.5. The van der Waals surface area contributed by atoms with E-state index in [9.17, 15) is 0 Å². The summed E-state index contributed by atoms with van der Waals surface area (Å²) in [7, 11) is 0. The van der Waals surface area contributed by atoms with Crippen LogP contribution in [0.4, 0.5) is 0 Å². The number of unbranched alkanes of at least 4 members (excludes halogenated alkanes) is 10. The van der Waals surface area contributed by atoms with Gasteiger partial charge in [-0.3, -0.25) is 0 Å². The molecule has 0 bridgehead atoms. The van der Waals surface area contributed by atoms with E-state index in [1.54, 1.807) is 0 Å². The van der Waals surface area contributed by atoms with E-state index in [0.717, 1.165) is 6.42 Å². The molecule has 0 aliphatic carbocycles. The molecular weight excluding hydrogens is 252 g/mol. The van der Waals surface area contributed by atoms with Crippen molar-refractivity contribution in [1.82, 2.24) is 0 Å². The molecule has 0 saturated heterocycles. The second kappa shape index (κ2) is 17.5. The lowest BCUT2D eigenvalue weighted by molar-refractivity contribution is 0.611. The zero-order valence-electron chi connectivity index (χ0n) is 14.8. The van der Waals surface area contributed by atoms with E-state index in [4.69, 9.17) is 0 Å². The molecule has 0 N–H and O–H groups in total. The maximum atomic E-state index is 3.96. The Morgan fingerprint density at radius 2 is 1.33 bits per heavy atom. The summed E-state index contributed by atoms with van der Waals surface area (Å²) in [4.78, 5) is 0. The van der Waals surface area contributed by atoms with Gasteiger partial charge in [0, 0.05) is 0 Å². The normalized spacial score (nSPS) is 12.4. The van der Waals surface area contributed by atoms with Gasteiger partial charge in [0.15, 0.2) is 0 Å². The van der Waals surface area contributed by atoms with Crippen molar-refractivity contribution in [3.8, 4) is 0 Å². The Morgan fingerprint density at radius 3 is 1.95 bits per heavy atom. The van der Waals surface area contributed by atoms with Crippen molar-refractivity contribution in [3.05, 3.63) is 30.7 Å². The molecule has 0 spiro atoms. The SMILES string of the molecule is [CH2]CC=C(C=CCCCCCCCC)CCCCCCC. The highest BCUT2D eigenvalue weighted by atomic mass is 14.0. The van der Waals surface area contributed by atoms with Crippen LogP contribution in [0.2, 0.25) is 0 Å². The van der Waals surface area contributed by atoms with Crippen molar-refractivity contribution in [1.29, 1.82) is 0 Å². The van der Waals surface area contributed by atoms with Gasteiger partial charge >= 0.3 is 0 Å². The summed E-state index contributed by atoms with van der Waals surface area (Å²) in [6.45, 7) is 8.52. The van der Waals surface area contributed by atoms with E-state index in [-0.39, 0.29) is 0 Å². The Kier molecular flexibility index (Phi) is 17.1. The lowest BCUT2D eigenvalue weighted by Gasteiger charge is -2.03. The minimum Gasteiger partial charge on any atom is -0.0843 e. The highest BCUT2D eigenvalue weighted by molar-refractivity contribution is 5.18. The molecule has 0 rings (SSSR count). The van der Waals surface area contributed by atoms with Gasteiger partial charge in [-0.15, -0.1) is 0 Å². The summed E-state index contributed by atoms with van der Waals surface area (Å²) in [5.74, 6) is 0. The molecule has 0 aromatic heterocycles. The van der Waals surface area contributed by atoms with E-state index in [0.29, 0.717) is 0 Å². The molecule has 0 fully saturated rings. The van der Waals surface area contributed by atoms with Crippen LogP contribution in [0.1, 0.15) is 104 Å². The van der Waals surface area contributed by atoms with Crippen LogP contribution in [-0.2, 0) is 0 Å². The van der Waals surface area contributed by atoms with E-state index < -0.39 is 0 Å². The van der Waals surface area contributed by atoms with E-state index in [1.165, 1.54) is 89.0 Å². The fourth-order valence-electron chi connectivity index (χ4n) is 2.65. The molecule has 0 unspecified atom stereocenters. The third-order valence-electron chi connectivity index (χ3n) is 4.03. The van der Waals surface area contributed by atoms with Crippen LogP contribution >= 0.6 is 0 Å². The van der Waals surface area contributed by atoms with E-state index in [2.05, 4.69) is 39.0 Å². The molecule has 0 atom stereocenters. The summed E-state index contributed by atoms with van der Waals surface area (Å²) in [6, 6.07) is 0. The van der Waals surface area contributed by atoms with E-state index in [1.807, 2.05) is 0 Å².